The molecule has 25 heavy (non-hydrogen) atoms. The Bertz CT molecular complexity index is 546. The zero-order valence-electron chi connectivity index (χ0n) is 13.9. The van der Waals surface area contributed by atoms with E-state index in [0.717, 1.165) is 12.8 Å². The molecule has 0 aliphatic heterocycles. The van der Waals surface area contributed by atoms with Crippen molar-refractivity contribution in [2.45, 2.75) is 44.4 Å². The van der Waals surface area contributed by atoms with E-state index < -0.39 is 18.8 Å². The van der Waals surface area contributed by atoms with Gasteiger partial charge in [-0.3, -0.25) is 0 Å². The number of halogens is 3. The highest BCUT2D eigenvalue weighted by atomic mass is 19.4. The quantitative estimate of drug-likeness (QED) is 0.686. The van der Waals surface area contributed by atoms with Crippen LogP contribution in [0, 0.1) is 0 Å². The summed E-state index contributed by atoms with van der Waals surface area (Å²) in [6, 6.07) is 5.50. The molecule has 0 saturated heterocycles. The van der Waals surface area contributed by atoms with Crippen LogP contribution in [0.5, 0.6) is 5.75 Å². The number of alkyl halides is 3. The van der Waals surface area contributed by atoms with Gasteiger partial charge in [0, 0.05) is 13.2 Å². The van der Waals surface area contributed by atoms with E-state index in [-0.39, 0.29) is 11.4 Å². The maximum absolute atomic E-state index is 12.3. The van der Waals surface area contributed by atoms with Gasteiger partial charge in [0.25, 0.3) is 0 Å². The van der Waals surface area contributed by atoms with Crippen LogP contribution >= 0.6 is 0 Å². The number of urea groups is 1. The molecule has 2 N–H and O–H groups in total. The predicted molar refractivity (Wildman–Crippen MR) is 87.8 cm³/mol. The molecule has 5 nitrogen and oxygen atoms in total. The summed E-state index contributed by atoms with van der Waals surface area (Å²) in [5.41, 5.74) is 0.187. The lowest BCUT2D eigenvalue weighted by Gasteiger charge is -2.14. The third-order valence-electron chi connectivity index (χ3n) is 3.79. The molecule has 1 aliphatic carbocycles. The van der Waals surface area contributed by atoms with Gasteiger partial charge in [-0.15, -0.1) is 0 Å². The molecule has 140 valence electrons. The summed E-state index contributed by atoms with van der Waals surface area (Å²) in [6.45, 7) is -0.411. The maximum atomic E-state index is 12.3. The third-order valence-corrected chi connectivity index (χ3v) is 3.79. The summed E-state index contributed by atoms with van der Waals surface area (Å²) in [7, 11) is 0. The summed E-state index contributed by atoms with van der Waals surface area (Å²) >= 11 is 0. The SMILES string of the molecule is O=C(NCCCOC1CCCC1)Nc1ccccc1OCC(F)(F)F. The summed E-state index contributed by atoms with van der Waals surface area (Å²) in [5, 5.41) is 5.14. The second-order valence-electron chi connectivity index (χ2n) is 5.91. The Morgan fingerprint density at radius 2 is 1.92 bits per heavy atom. The minimum Gasteiger partial charge on any atom is -0.482 e. The number of ether oxygens (including phenoxy) is 2. The van der Waals surface area contributed by atoms with Crippen molar-refractivity contribution in [3.8, 4) is 5.75 Å². The van der Waals surface area contributed by atoms with Crippen molar-refractivity contribution >= 4 is 11.7 Å². The van der Waals surface area contributed by atoms with Gasteiger partial charge in [0.15, 0.2) is 6.61 Å². The zero-order valence-corrected chi connectivity index (χ0v) is 13.9. The number of nitrogens with one attached hydrogen (secondary N) is 2. The monoisotopic (exact) mass is 360 g/mol. The maximum Gasteiger partial charge on any atom is 0.422 e. The highest BCUT2D eigenvalue weighted by molar-refractivity contribution is 5.90. The molecule has 1 aliphatic rings. The summed E-state index contributed by atoms with van der Waals surface area (Å²) in [6.07, 6.45) is 1.20. The standard InChI is InChI=1S/C17H23F3N2O3/c18-17(19,20)12-25-15-9-4-3-8-14(15)22-16(23)21-10-5-11-24-13-6-1-2-7-13/h3-4,8-9,13H,1-2,5-7,10-12H2,(H2,21,22,23). The molecule has 1 fully saturated rings. The van der Waals surface area contributed by atoms with Gasteiger partial charge in [0.05, 0.1) is 11.8 Å². The first-order chi connectivity index (χ1) is 11.9. The fourth-order valence-corrected chi connectivity index (χ4v) is 2.60. The Kier molecular flexibility index (Phi) is 7.36. The van der Waals surface area contributed by atoms with Gasteiger partial charge >= 0.3 is 12.2 Å². The molecule has 0 atom stereocenters. The number of hydrogen-bond acceptors (Lipinski definition) is 3. The molecule has 0 spiro atoms. The van der Waals surface area contributed by atoms with Crippen molar-refractivity contribution < 1.29 is 27.4 Å². The lowest BCUT2D eigenvalue weighted by Crippen LogP contribution is -2.30. The Balaban J connectivity index is 1.69. The molecule has 0 unspecified atom stereocenters. The van der Waals surface area contributed by atoms with Gasteiger partial charge in [-0.05, 0) is 31.4 Å². The molecular weight excluding hydrogens is 337 g/mol. The van der Waals surface area contributed by atoms with Crippen LogP contribution in [0.25, 0.3) is 0 Å². The highest BCUT2D eigenvalue weighted by Gasteiger charge is 2.28. The van der Waals surface area contributed by atoms with Crippen LogP contribution in [0.3, 0.4) is 0 Å². The van der Waals surface area contributed by atoms with Crippen molar-refractivity contribution in [1.82, 2.24) is 5.32 Å². The van der Waals surface area contributed by atoms with Gasteiger partial charge in [0.1, 0.15) is 5.75 Å². The number of hydrogen-bond donors (Lipinski definition) is 2. The number of carbonyl (C=O) groups excluding carboxylic acids is 1. The second kappa shape index (κ2) is 9.50. The lowest BCUT2D eigenvalue weighted by atomic mass is 10.3. The average Bonchev–Trinajstić information content (AvgIpc) is 3.06. The van der Waals surface area contributed by atoms with E-state index in [1.807, 2.05) is 0 Å². The first kappa shape index (κ1) is 19.4. The van der Waals surface area contributed by atoms with Crippen LogP contribution < -0.4 is 15.4 Å². The van der Waals surface area contributed by atoms with E-state index in [0.29, 0.717) is 25.7 Å². The Morgan fingerprint density at radius 3 is 2.64 bits per heavy atom. The molecule has 1 saturated carbocycles. The topological polar surface area (TPSA) is 59.6 Å². The molecule has 1 aromatic rings. The Hall–Kier alpha value is -1.96. The smallest absolute Gasteiger partial charge is 0.422 e. The van der Waals surface area contributed by atoms with E-state index in [9.17, 15) is 18.0 Å². The number of carbonyl (C=O) groups is 1. The van der Waals surface area contributed by atoms with Crippen molar-refractivity contribution in [2.75, 3.05) is 25.1 Å². The van der Waals surface area contributed by atoms with Gasteiger partial charge < -0.3 is 20.1 Å². The van der Waals surface area contributed by atoms with Crippen molar-refractivity contribution in [3.05, 3.63) is 24.3 Å². The molecule has 2 amide bonds. The van der Waals surface area contributed by atoms with Crippen LogP contribution in [0.2, 0.25) is 0 Å². The Morgan fingerprint density at radius 1 is 1.20 bits per heavy atom. The molecule has 0 radical (unpaired) electrons. The summed E-state index contributed by atoms with van der Waals surface area (Å²) in [5.74, 6) is -0.0282. The molecule has 1 aromatic carbocycles. The molecular formula is C17H23F3N2O3. The molecule has 0 heterocycles. The Labute approximate surface area is 144 Å². The van der Waals surface area contributed by atoms with E-state index in [2.05, 4.69) is 10.6 Å². The van der Waals surface area contributed by atoms with Gasteiger partial charge in [-0.2, -0.15) is 13.2 Å². The van der Waals surface area contributed by atoms with Crippen molar-refractivity contribution in [3.63, 3.8) is 0 Å². The molecule has 8 heteroatoms. The van der Waals surface area contributed by atoms with Crippen LogP contribution in [0.15, 0.2) is 24.3 Å². The van der Waals surface area contributed by atoms with Crippen LogP contribution in [-0.2, 0) is 4.74 Å². The fraction of sp³-hybridized carbons (Fsp3) is 0.588. The minimum atomic E-state index is -4.44. The minimum absolute atomic E-state index is 0.0282. The summed E-state index contributed by atoms with van der Waals surface area (Å²) < 4.78 is 47.2. The number of para-hydroxylation sites is 2. The first-order valence-electron chi connectivity index (χ1n) is 8.39. The third kappa shape index (κ3) is 7.64. The lowest BCUT2D eigenvalue weighted by molar-refractivity contribution is -0.153. The fourth-order valence-electron chi connectivity index (χ4n) is 2.60. The van der Waals surface area contributed by atoms with Crippen molar-refractivity contribution in [1.29, 1.82) is 0 Å². The number of anilines is 1. The van der Waals surface area contributed by atoms with Crippen molar-refractivity contribution in [2.24, 2.45) is 0 Å². The molecule has 0 aromatic heterocycles. The largest absolute Gasteiger partial charge is 0.482 e. The number of benzene rings is 1. The first-order valence-corrected chi connectivity index (χ1v) is 8.39. The van der Waals surface area contributed by atoms with E-state index in [1.165, 1.54) is 31.0 Å². The van der Waals surface area contributed by atoms with E-state index in [4.69, 9.17) is 9.47 Å². The van der Waals surface area contributed by atoms with Gasteiger partial charge in [0.2, 0.25) is 0 Å². The normalized spacial score (nSPS) is 15.2. The number of amides is 2. The number of rotatable bonds is 8. The molecule has 0 bridgehead atoms. The second-order valence-corrected chi connectivity index (χ2v) is 5.91. The van der Waals surface area contributed by atoms with E-state index >= 15 is 0 Å². The van der Waals surface area contributed by atoms with Crippen LogP contribution in [0.4, 0.5) is 23.7 Å². The average molecular weight is 360 g/mol. The molecule has 2 rings (SSSR count). The van der Waals surface area contributed by atoms with Crippen LogP contribution in [0.1, 0.15) is 32.1 Å². The predicted octanol–water partition coefficient (Wildman–Crippen LogP) is 4.10. The summed E-state index contributed by atoms with van der Waals surface area (Å²) in [4.78, 5) is 11.8. The van der Waals surface area contributed by atoms with Gasteiger partial charge in [-0.1, -0.05) is 25.0 Å². The van der Waals surface area contributed by atoms with E-state index in [1.54, 1.807) is 6.07 Å². The van der Waals surface area contributed by atoms with Crippen LogP contribution in [-0.4, -0.2) is 38.1 Å². The zero-order chi connectivity index (χ0) is 18.1. The van der Waals surface area contributed by atoms with Gasteiger partial charge in [-0.25, -0.2) is 4.79 Å². The highest BCUT2D eigenvalue weighted by Crippen LogP contribution is 2.26.